The van der Waals surface area contributed by atoms with E-state index in [0.717, 1.165) is 24.1 Å². The van der Waals surface area contributed by atoms with Crippen molar-refractivity contribution in [3.63, 3.8) is 0 Å². The molecule has 1 aromatic heterocycles. The highest BCUT2D eigenvalue weighted by Gasteiger charge is 2.30. The van der Waals surface area contributed by atoms with E-state index in [1.54, 1.807) is 28.7 Å². The van der Waals surface area contributed by atoms with Crippen LogP contribution in [-0.4, -0.2) is 36.0 Å². The molecule has 1 N–H and O–H groups in total. The molecule has 5 nitrogen and oxygen atoms in total. The molecule has 2 aromatic rings. The minimum atomic E-state index is -3.37. The molecule has 0 amide bonds. The molecule has 2 heterocycles. The van der Waals surface area contributed by atoms with E-state index in [0.29, 0.717) is 23.9 Å². The largest absolute Gasteiger partial charge is 0.282 e. The van der Waals surface area contributed by atoms with E-state index in [1.807, 2.05) is 19.1 Å². The number of aromatic amines is 1. The van der Waals surface area contributed by atoms with Crippen molar-refractivity contribution < 1.29 is 8.42 Å². The summed E-state index contributed by atoms with van der Waals surface area (Å²) in [5.41, 5.74) is 2.06. The Morgan fingerprint density at radius 3 is 2.62 bits per heavy atom. The monoisotopic (exact) mass is 305 g/mol. The number of rotatable bonds is 3. The first-order valence-electron chi connectivity index (χ1n) is 7.13. The first-order valence-corrected chi connectivity index (χ1v) is 8.57. The van der Waals surface area contributed by atoms with E-state index in [9.17, 15) is 8.42 Å². The van der Waals surface area contributed by atoms with E-state index in [1.165, 1.54) is 0 Å². The maximum atomic E-state index is 12.6. The smallest absolute Gasteiger partial charge is 0.243 e. The molecule has 0 saturated carbocycles. The van der Waals surface area contributed by atoms with Crippen molar-refractivity contribution >= 4 is 10.0 Å². The van der Waals surface area contributed by atoms with Gasteiger partial charge in [-0.3, -0.25) is 5.10 Å². The van der Waals surface area contributed by atoms with Crippen molar-refractivity contribution in [2.24, 2.45) is 0 Å². The Bertz CT molecular complexity index is 702. The third-order valence-electron chi connectivity index (χ3n) is 4.04. The molecule has 112 valence electrons. The normalized spacial score (nSPS) is 18.0. The van der Waals surface area contributed by atoms with Gasteiger partial charge in [0.05, 0.1) is 4.90 Å². The van der Waals surface area contributed by atoms with Crippen molar-refractivity contribution in [3.05, 3.63) is 47.8 Å². The van der Waals surface area contributed by atoms with Crippen molar-refractivity contribution in [2.45, 2.75) is 30.6 Å². The van der Waals surface area contributed by atoms with Crippen LogP contribution >= 0.6 is 0 Å². The average molecular weight is 305 g/mol. The van der Waals surface area contributed by atoms with Gasteiger partial charge in [-0.1, -0.05) is 12.1 Å². The third kappa shape index (κ3) is 2.87. The predicted octanol–water partition coefficient (Wildman–Crippen LogP) is 2.29. The maximum Gasteiger partial charge on any atom is 0.243 e. The van der Waals surface area contributed by atoms with Gasteiger partial charge in [0.15, 0.2) is 0 Å². The highest BCUT2D eigenvalue weighted by atomic mass is 32.2. The fourth-order valence-electron chi connectivity index (χ4n) is 2.83. The number of aryl methyl sites for hydroxylation is 1. The number of hydrogen-bond acceptors (Lipinski definition) is 3. The molecule has 3 rings (SSSR count). The van der Waals surface area contributed by atoms with Crippen molar-refractivity contribution in [1.29, 1.82) is 0 Å². The first-order chi connectivity index (χ1) is 10.1. The Balaban J connectivity index is 1.74. The Morgan fingerprint density at radius 1 is 1.24 bits per heavy atom. The van der Waals surface area contributed by atoms with E-state index in [2.05, 4.69) is 10.2 Å². The van der Waals surface area contributed by atoms with Gasteiger partial charge in [0, 0.05) is 30.9 Å². The molecular formula is C15H19N3O2S. The topological polar surface area (TPSA) is 66.1 Å². The van der Waals surface area contributed by atoms with Gasteiger partial charge in [-0.05, 0) is 43.5 Å². The molecule has 0 unspecified atom stereocenters. The lowest BCUT2D eigenvalue weighted by Gasteiger charge is -2.30. The van der Waals surface area contributed by atoms with Gasteiger partial charge < -0.3 is 0 Å². The molecule has 0 bridgehead atoms. The molecular weight excluding hydrogens is 286 g/mol. The zero-order valence-electron chi connectivity index (χ0n) is 12.0. The van der Waals surface area contributed by atoms with Crippen LogP contribution in [0.25, 0.3) is 0 Å². The van der Waals surface area contributed by atoms with Crippen LogP contribution in [0.5, 0.6) is 0 Å². The molecule has 0 atom stereocenters. The number of sulfonamides is 1. The second-order valence-corrected chi connectivity index (χ2v) is 7.44. The van der Waals surface area contributed by atoms with Crippen LogP contribution in [0.4, 0.5) is 0 Å². The summed E-state index contributed by atoms with van der Waals surface area (Å²) < 4.78 is 26.9. The summed E-state index contributed by atoms with van der Waals surface area (Å²) in [5.74, 6) is 0.372. The number of benzene rings is 1. The second kappa shape index (κ2) is 5.61. The predicted molar refractivity (Wildman–Crippen MR) is 80.5 cm³/mol. The number of nitrogens with one attached hydrogen (secondary N) is 1. The summed E-state index contributed by atoms with van der Waals surface area (Å²) >= 11 is 0. The molecule has 6 heteroatoms. The molecule has 1 aliphatic heterocycles. The molecule has 1 aromatic carbocycles. The van der Waals surface area contributed by atoms with Crippen LogP contribution in [0.15, 0.2) is 41.4 Å². The number of nitrogens with zero attached hydrogens (tertiary/aromatic N) is 2. The van der Waals surface area contributed by atoms with Gasteiger partial charge in [-0.15, -0.1) is 0 Å². The van der Waals surface area contributed by atoms with Crippen LogP contribution in [0.3, 0.4) is 0 Å². The van der Waals surface area contributed by atoms with Gasteiger partial charge in [-0.25, -0.2) is 8.42 Å². The van der Waals surface area contributed by atoms with Crippen LogP contribution in [0.1, 0.15) is 30.0 Å². The highest BCUT2D eigenvalue weighted by Crippen LogP contribution is 2.29. The van der Waals surface area contributed by atoms with Crippen molar-refractivity contribution in [3.8, 4) is 0 Å². The SMILES string of the molecule is Cc1cccc(S(=O)(=O)N2CCC(c3ccn[nH]3)CC2)c1. The van der Waals surface area contributed by atoms with E-state index < -0.39 is 10.0 Å². The molecule has 1 fully saturated rings. The Labute approximate surface area is 125 Å². The third-order valence-corrected chi connectivity index (χ3v) is 5.94. The van der Waals surface area contributed by atoms with Crippen LogP contribution in [0.2, 0.25) is 0 Å². The van der Waals surface area contributed by atoms with Gasteiger partial charge in [0.25, 0.3) is 0 Å². The van der Waals surface area contributed by atoms with Crippen molar-refractivity contribution in [1.82, 2.24) is 14.5 Å². The average Bonchev–Trinajstić information content (AvgIpc) is 3.02. The lowest BCUT2D eigenvalue weighted by molar-refractivity contribution is 0.316. The van der Waals surface area contributed by atoms with E-state index in [4.69, 9.17) is 0 Å². The summed E-state index contributed by atoms with van der Waals surface area (Å²) in [7, 11) is -3.37. The summed E-state index contributed by atoms with van der Waals surface area (Å²) in [6, 6.07) is 9.07. The highest BCUT2D eigenvalue weighted by molar-refractivity contribution is 7.89. The number of H-pyrrole nitrogens is 1. The number of hydrogen-bond donors (Lipinski definition) is 1. The molecule has 0 radical (unpaired) electrons. The Morgan fingerprint density at radius 2 is 2.00 bits per heavy atom. The molecule has 0 aliphatic carbocycles. The minimum Gasteiger partial charge on any atom is -0.282 e. The zero-order chi connectivity index (χ0) is 14.9. The summed E-state index contributed by atoms with van der Waals surface area (Å²) in [6.07, 6.45) is 3.39. The lowest BCUT2D eigenvalue weighted by atomic mass is 9.95. The summed E-state index contributed by atoms with van der Waals surface area (Å²) in [5, 5.41) is 6.95. The molecule has 1 aliphatic rings. The fourth-order valence-corrected chi connectivity index (χ4v) is 4.40. The van der Waals surface area contributed by atoms with Gasteiger partial charge >= 0.3 is 0 Å². The van der Waals surface area contributed by atoms with Gasteiger partial charge in [0.2, 0.25) is 10.0 Å². The molecule has 1 saturated heterocycles. The maximum absolute atomic E-state index is 12.6. The minimum absolute atomic E-state index is 0.372. The van der Waals surface area contributed by atoms with Crippen LogP contribution in [-0.2, 0) is 10.0 Å². The summed E-state index contributed by atoms with van der Waals surface area (Å²) in [6.45, 7) is 3.02. The second-order valence-electron chi connectivity index (χ2n) is 5.51. The van der Waals surface area contributed by atoms with Crippen molar-refractivity contribution in [2.75, 3.05) is 13.1 Å². The standard InChI is InChI=1S/C15H19N3O2S/c1-12-3-2-4-14(11-12)21(19,20)18-9-6-13(7-10-18)15-5-8-16-17-15/h2-5,8,11,13H,6-7,9-10H2,1H3,(H,16,17). The molecule has 0 spiro atoms. The van der Waals surface area contributed by atoms with Gasteiger partial charge in [-0.2, -0.15) is 9.40 Å². The summed E-state index contributed by atoms with van der Waals surface area (Å²) in [4.78, 5) is 0.391. The quantitative estimate of drug-likeness (QED) is 0.946. The Kier molecular flexibility index (Phi) is 3.82. The Hall–Kier alpha value is -1.66. The fraction of sp³-hybridized carbons (Fsp3) is 0.400. The van der Waals surface area contributed by atoms with Crippen LogP contribution < -0.4 is 0 Å². The number of piperidine rings is 1. The zero-order valence-corrected chi connectivity index (χ0v) is 12.8. The first kappa shape index (κ1) is 14.3. The van der Waals surface area contributed by atoms with Crippen LogP contribution in [0, 0.1) is 6.92 Å². The van der Waals surface area contributed by atoms with E-state index in [-0.39, 0.29) is 0 Å². The number of aromatic nitrogens is 2. The van der Waals surface area contributed by atoms with E-state index >= 15 is 0 Å². The van der Waals surface area contributed by atoms with Gasteiger partial charge in [0.1, 0.15) is 0 Å². The lowest BCUT2D eigenvalue weighted by Crippen LogP contribution is -2.38. The molecule has 21 heavy (non-hydrogen) atoms.